The molecule has 0 radical (unpaired) electrons. The predicted octanol–water partition coefficient (Wildman–Crippen LogP) is 3.64. The van der Waals surface area contributed by atoms with Crippen LogP contribution in [0.4, 0.5) is 0 Å². The Morgan fingerprint density at radius 2 is 1.92 bits per heavy atom. The number of alkyl halides is 1. The zero-order valence-corrected chi connectivity index (χ0v) is 8.95. The van der Waals surface area contributed by atoms with Gasteiger partial charge in [-0.2, -0.15) is 11.8 Å². The van der Waals surface area contributed by atoms with E-state index in [9.17, 15) is 0 Å². The molecule has 66 valence electrons. The maximum absolute atomic E-state index is 5.82. The fourth-order valence-electron chi connectivity index (χ4n) is 1.07. The van der Waals surface area contributed by atoms with Crippen LogP contribution < -0.4 is 0 Å². The van der Waals surface area contributed by atoms with Crippen LogP contribution >= 0.6 is 23.4 Å². The smallest absolute Gasteiger partial charge is 0.0429 e. The van der Waals surface area contributed by atoms with Crippen LogP contribution in [-0.2, 0) is 0 Å². The summed E-state index contributed by atoms with van der Waals surface area (Å²) in [6.45, 7) is 2.10. The van der Waals surface area contributed by atoms with E-state index in [4.69, 9.17) is 11.6 Å². The Hall–Kier alpha value is -0.140. The summed E-state index contributed by atoms with van der Waals surface area (Å²) in [6.07, 6.45) is 2.09. The first-order chi connectivity index (χ1) is 5.77. The van der Waals surface area contributed by atoms with Crippen molar-refractivity contribution < 1.29 is 0 Å². The summed E-state index contributed by atoms with van der Waals surface area (Å²) in [5, 5.41) is 0.437. The fourth-order valence-corrected chi connectivity index (χ4v) is 2.18. The summed E-state index contributed by atoms with van der Waals surface area (Å²) in [6, 6.07) is 8.56. The van der Waals surface area contributed by atoms with Gasteiger partial charge in [0.05, 0.1) is 0 Å². The maximum Gasteiger partial charge on any atom is 0.0429 e. The molecule has 0 fully saturated rings. The van der Waals surface area contributed by atoms with E-state index in [1.807, 2.05) is 0 Å². The van der Waals surface area contributed by atoms with Crippen molar-refractivity contribution in [3.05, 3.63) is 35.4 Å². The van der Waals surface area contributed by atoms with Crippen molar-refractivity contribution in [3.63, 3.8) is 0 Å². The lowest BCUT2D eigenvalue weighted by atomic mass is 10.1. The average molecular weight is 201 g/mol. The van der Waals surface area contributed by atoms with Crippen molar-refractivity contribution in [2.75, 3.05) is 12.1 Å². The van der Waals surface area contributed by atoms with Crippen LogP contribution in [0.1, 0.15) is 16.4 Å². The van der Waals surface area contributed by atoms with E-state index in [0.29, 0.717) is 11.1 Å². The van der Waals surface area contributed by atoms with Crippen LogP contribution in [0.15, 0.2) is 24.3 Å². The number of hydrogen-bond donors (Lipinski definition) is 0. The predicted molar refractivity (Wildman–Crippen MR) is 58.2 cm³/mol. The molecule has 0 bridgehead atoms. The van der Waals surface area contributed by atoms with E-state index in [1.54, 1.807) is 11.8 Å². The lowest BCUT2D eigenvalue weighted by Gasteiger charge is -2.10. The third-order valence-electron chi connectivity index (χ3n) is 1.87. The lowest BCUT2D eigenvalue weighted by molar-refractivity contribution is 1.11. The SMILES string of the molecule is CSC(CCl)c1ccc(C)cc1. The molecule has 0 saturated heterocycles. The van der Waals surface area contributed by atoms with Crippen molar-refractivity contribution in [2.24, 2.45) is 0 Å². The normalized spacial score (nSPS) is 12.9. The fraction of sp³-hybridized carbons (Fsp3) is 0.400. The molecule has 0 aliphatic carbocycles. The van der Waals surface area contributed by atoms with Crippen LogP contribution in [0.3, 0.4) is 0 Å². The minimum atomic E-state index is 0.437. The highest BCUT2D eigenvalue weighted by atomic mass is 35.5. The van der Waals surface area contributed by atoms with Crippen LogP contribution in [0, 0.1) is 6.92 Å². The summed E-state index contributed by atoms with van der Waals surface area (Å²) in [5.74, 6) is 0.685. The Labute approximate surface area is 83.3 Å². The van der Waals surface area contributed by atoms with Crippen LogP contribution in [0.5, 0.6) is 0 Å². The van der Waals surface area contributed by atoms with Gasteiger partial charge in [0.15, 0.2) is 0 Å². The number of thioether (sulfide) groups is 1. The molecule has 0 aliphatic rings. The number of halogens is 1. The molecule has 0 heterocycles. The Morgan fingerprint density at radius 3 is 2.33 bits per heavy atom. The summed E-state index contributed by atoms with van der Waals surface area (Å²) >= 11 is 7.62. The molecule has 1 rings (SSSR count). The van der Waals surface area contributed by atoms with E-state index >= 15 is 0 Å². The van der Waals surface area contributed by atoms with Gasteiger partial charge < -0.3 is 0 Å². The van der Waals surface area contributed by atoms with Crippen LogP contribution in [0.2, 0.25) is 0 Å². The first-order valence-corrected chi connectivity index (χ1v) is 5.75. The molecule has 2 heteroatoms. The molecule has 0 amide bonds. The first kappa shape index (κ1) is 9.94. The topological polar surface area (TPSA) is 0 Å². The van der Waals surface area contributed by atoms with Crippen molar-refractivity contribution in [1.29, 1.82) is 0 Å². The molecule has 0 aromatic heterocycles. The zero-order valence-electron chi connectivity index (χ0n) is 7.38. The van der Waals surface area contributed by atoms with Gasteiger partial charge in [-0.15, -0.1) is 11.6 Å². The molecular weight excluding hydrogens is 188 g/mol. The molecule has 0 saturated carbocycles. The molecular formula is C10H13ClS. The van der Waals surface area contributed by atoms with E-state index in [1.165, 1.54) is 11.1 Å². The van der Waals surface area contributed by atoms with Gasteiger partial charge in [-0.1, -0.05) is 29.8 Å². The van der Waals surface area contributed by atoms with E-state index < -0.39 is 0 Å². The quantitative estimate of drug-likeness (QED) is 0.672. The van der Waals surface area contributed by atoms with Crippen molar-refractivity contribution in [2.45, 2.75) is 12.2 Å². The van der Waals surface area contributed by atoms with Gasteiger partial charge in [-0.25, -0.2) is 0 Å². The Balaban J connectivity index is 2.80. The molecule has 12 heavy (non-hydrogen) atoms. The van der Waals surface area contributed by atoms with Crippen molar-refractivity contribution in [3.8, 4) is 0 Å². The number of rotatable bonds is 3. The monoisotopic (exact) mass is 200 g/mol. The third kappa shape index (κ3) is 2.43. The highest BCUT2D eigenvalue weighted by molar-refractivity contribution is 7.98. The second kappa shape index (κ2) is 4.78. The minimum Gasteiger partial charge on any atom is -0.156 e. The summed E-state index contributed by atoms with van der Waals surface area (Å²) in [4.78, 5) is 0. The molecule has 1 aromatic carbocycles. The Kier molecular flexibility index (Phi) is 3.96. The van der Waals surface area contributed by atoms with Gasteiger partial charge in [0.1, 0.15) is 0 Å². The van der Waals surface area contributed by atoms with Crippen LogP contribution in [0.25, 0.3) is 0 Å². The van der Waals surface area contributed by atoms with E-state index in [-0.39, 0.29) is 0 Å². The average Bonchev–Trinajstić information content (AvgIpc) is 2.10. The highest BCUT2D eigenvalue weighted by Crippen LogP contribution is 2.27. The highest BCUT2D eigenvalue weighted by Gasteiger charge is 2.06. The number of benzene rings is 1. The Morgan fingerprint density at radius 1 is 1.33 bits per heavy atom. The molecule has 1 atom stereocenters. The molecule has 0 spiro atoms. The van der Waals surface area contributed by atoms with Crippen molar-refractivity contribution >= 4 is 23.4 Å². The second-order valence-corrected chi connectivity index (χ2v) is 4.14. The number of aryl methyl sites for hydroxylation is 1. The van der Waals surface area contributed by atoms with Gasteiger partial charge in [0, 0.05) is 11.1 Å². The first-order valence-electron chi connectivity index (χ1n) is 3.93. The molecule has 0 N–H and O–H groups in total. The Bertz CT molecular complexity index is 226. The van der Waals surface area contributed by atoms with Crippen molar-refractivity contribution in [1.82, 2.24) is 0 Å². The number of hydrogen-bond acceptors (Lipinski definition) is 1. The van der Waals surface area contributed by atoms with E-state index in [0.717, 1.165) is 0 Å². The third-order valence-corrected chi connectivity index (χ3v) is 3.37. The second-order valence-electron chi connectivity index (χ2n) is 2.79. The molecule has 1 unspecified atom stereocenters. The zero-order chi connectivity index (χ0) is 8.97. The van der Waals surface area contributed by atoms with Gasteiger partial charge in [-0.3, -0.25) is 0 Å². The van der Waals surface area contributed by atoms with Gasteiger partial charge in [-0.05, 0) is 18.7 Å². The standard InChI is InChI=1S/C10H13ClS/c1-8-3-5-9(6-4-8)10(7-11)12-2/h3-6,10H,7H2,1-2H3. The maximum atomic E-state index is 5.82. The van der Waals surface area contributed by atoms with Gasteiger partial charge >= 0.3 is 0 Å². The summed E-state index contributed by atoms with van der Waals surface area (Å²) in [5.41, 5.74) is 2.62. The van der Waals surface area contributed by atoms with Gasteiger partial charge in [0.25, 0.3) is 0 Å². The van der Waals surface area contributed by atoms with Crippen LogP contribution in [-0.4, -0.2) is 12.1 Å². The lowest BCUT2D eigenvalue weighted by Crippen LogP contribution is -1.94. The molecule has 0 nitrogen and oxygen atoms in total. The molecule has 0 aliphatic heterocycles. The van der Waals surface area contributed by atoms with Gasteiger partial charge in [0.2, 0.25) is 0 Å². The minimum absolute atomic E-state index is 0.437. The largest absolute Gasteiger partial charge is 0.156 e. The molecule has 1 aromatic rings. The van der Waals surface area contributed by atoms with E-state index in [2.05, 4.69) is 37.4 Å². The summed E-state index contributed by atoms with van der Waals surface area (Å²) in [7, 11) is 0. The summed E-state index contributed by atoms with van der Waals surface area (Å²) < 4.78 is 0.